The number of fused-ring (bicyclic) bond motifs is 4. The van der Waals surface area contributed by atoms with Crippen molar-refractivity contribution >= 4 is 45.7 Å². The maximum absolute atomic E-state index is 13.4. The summed E-state index contributed by atoms with van der Waals surface area (Å²) in [6.45, 7) is 10.9. The van der Waals surface area contributed by atoms with Crippen LogP contribution in [0.4, 0.5) is 11.4 Å². The number of nitrogens with zero attached hydrogens (tertiary/aromatic N) is 5. The number of carbonyl (C=O) groups excluding carboxylic acids is 3. The average Bonchev–Trinajstić information content (AvgIpc) is 3.66. The first-order valence-electron chi connectivity index (χ1n) is 18.3. The van der Waals surface area contributed by atoms with Gasteiger partial charge in [0.15, 0.2) is 0 Å². The van der Waals surface area contributed by atoms with E-state index >= 15 is 0 Å². The van der Waals surface area contributed by atoms with Gasteiger partial charge in [-0.05, 0) is 93.8 Å². The van der Waals surface area contributed by atoms with Crippen LogP contribution in [0.15, 0.2) is 42.5 Å². The molecule has 3 amide bonds. The van der Waals surface area contributed by atoms with Crippen molar-refractivity contribution in [2.75, 3.05) is 49.1 Å². The number of piperidine rings is 3. The molecule has 3 aromatic rings. The summed E-state index contributed by atoms with van der Waals surface area (Å²) in [5.74, 6) is -0.0999. The second-order valence-corrected chi connectivity index (χ2v) is 15.0. The van der Waals surface area contributed by atoms with Crippen molar-refractivity contribution in [3.05, 3.63) is 64.9 Å². The van der Waals surface area contributed by atoms with E-state index in [1.807, 2.05) is 24.3 Å². The van der Waals surface area contributed by atoms with Gasteiger partial charge in [-0.3, -0.25) is 19.7 Å². The first-order chi connectivity index (χ1) is 24.2. The molecule has 5 aliphatic heterocycles. The van der Waals surface area contributed by atoms with Gasteiger partial charge in [0.1, 0.15) is 6.04 Å². The minimum Gasteiger partial charge on any atom is -0.381 e. The minimum absolute atomic E-state index is 0.114. The highest BCUT2D eigenvalue weighted by Gasteiger charge is 2.39. The summed E-state index contributed by atoms with van der Waals surface area (Å²) >= 11 is 0. The van der Waals surface area contributed by atoms with Gasteiger partial charge in [0.2, 0.25) is 11.8 Å². The van der Waals surface area contributed by atoms with E-state index in [9.17, 15) is 19.6 Å². The monoisotopic (exact) mass is 674 g/mol. The molecule has 0 radical (unpaired) electrons. The van der Waals surface area contributed by atoms with Crippen molar-refractivity contribution < 1.29 is 14.4 Å². The number of H-pyrrole nitrogens is 1. The molecule has 50 heavy (non-hydrogen) atoms. The minimum atomic E-state index is -0.585. The molecule has 3 fully saturated rings. The Balaban J connectivity index is 0.863. The number of carbonyl (C=O) groups is 3. The molecule has 260 valence electrons. The highest BCUT2D eigenvalue weighted by Crippen LogP contribution is 2.40. The van der Waals surface area contributed by atoms with Crippen LogP contribution in [-0.4, -0.2) is 89.9 Å². The standard InChI is InChI=1S/C39H46N8O3/c1-24(2)41-32-13-18-46(37-30-6-3-26(21-40)19-33(30)42-36(32)37)28-11-14-44(15-12-28)22-25-9-16-45(17-10-25)29-5-4-27-23-47(39(50)31(27)20-29)34-7-8-35(48)43-38(34)49/h3-6,13,19-20,24-25,28,34,41-42H,7-12,14-18,22-23H2,1-2H3,(H,43,48,49). The second kappa shape index (κ2) is 13.1. The summed E-state index contributed by atoms with van der Waals surface area (Å²) in [4.78, 5) is 50.3. The number of rotatable bonds is 7. The Bertz CT molecular complexity index is 1910. The van der Waals surface area contributed by atoms with Crippen LogP contribution in [0, 0.1) is 17.2 Å². The van der Waals surface area contributed by atoms with E-state index in [2.05, 4.69) is 68.4 Å². The fourth-order valence-electron chi connectivity index (χ4n) is 8.79. The third kappa shape index (κ3) is 6.00. The van der Waals surface area contributed by atoms with Crippen molar-refractivity contribution in [1.82, 2.24) is 25.4 Å². The first-order valence-corrected chi connectivity index (χ1v) is 18.3. The summed E-state index contributed by atoms with van der Waals surface area (Å²) in [5.41, 5.74) is 7.92. The van der Waals surface area contributed by atoms with E-state index in [0.717, 1.165) is 93.1 Å². The lowest BCUT2D eigenvalue weighted by Gasteiger charge is -2.43. The van der Waals surface area contributed by atoms with Crippen LogP contribution in [0.3, 0.4) is 0 Å². The number of nitrogens with one attached hydrogen (secondary N) is 3. The molecule has 8 rings (SSSR count). The summed E-state index contributed by atoms with van der Waals surface area (Å²) in [7, 11) is 0. The van der Waals surface area contributed by atoms with E-state index < -0.39 is 6.04 Å². The molecule has 11 heteroatoms. The third-order valence-corrected chi connectivity index (χ3v) is 11.4. The maximum Gasteiger partial charge on any atom is 0.255 e. The van der Waals surface area contributed by atoms with Crippen LogP contribution < -0.4 is 20.4 Å². The maximum atomic E-state index is 13.4. The molecule has 0 saturated carbocycles. The molecule has 3 N–H and O–H groups in total. The van der Waals surface area contributed by atoms with Crippen molar-refractivity contribution in [1.29, 1.82) is 5.26 Å². The average molecular weight is 675 g/mol. The zero-order chi connectivity index (χ0) is 34.5. The van der Waals surface area contributed by atoms with Crippen molar-refractivity contribution in [3.63, 3.8) is 0 Å². The topological polar surface area (TPSA) is 128 Å². The van der Waals surface area contributed by atoms with Crippen LogP contribution in [0.5, 0.6) is 0 Å². The van der Waals surface area contributed by atoms with Gasteiger partial charge in [-0.25, -0.2) is 0 Å². The van der Waals surface area contributed by atoms with E-state index in [4.69, 9.17) is 0 Å². The fraction of sp³-hybridized carbons (Fsp3) is 0.487. The Morgan fingerprint density at radius 3 is 2.50 bits per heavy atom. The van der Waals surface area contributed by atoms with Crippen LogP contribution in [0.25, 0.3) is 16.6 Å². The highest BCUT2D eigenvalue weighted by atomic mass is 16.2. The molecular weight excluding hydrogens is 628 g/mol. The number of hydrogen-bond acceptors (Lipinski definition) is 8. The number of anilines is 2. The second-order valence-electron chi connectivity index (χ2n) is 15.0. The smallest absolute Gasteiger partial charge is 0.255 e. The molecule has 0 bridgehead atoms. The Kier molecular flexibility index (Phi) is 8.51. The van der Waals surface area contributed by atoms with Crippen LogP contribution in [-0.2, 0) is 16.1 Å². The van der Waals surface area contributed by atoms with Crippen molar-refractivity contribution in [3.8, 4) is 6.07 Å². The predicted molar refractivity (Wildman–Crippen MR) is 193 cm³/mol. The lowest BCUT2D eigenvalue weighted by atomic mass is 9.93. The van der Waals surface area contributed by atoms with Gasteiger partial charge in [0, 0.05) is 86.5 Å². The molecule has 1 aromatic heterocycles. The molecule has 5 aliphatic rings. The molecule has 6 heterocycles. The zero-order valence-electron chi connectivity index (χ0n) is 29.0. The number of likely N-dealkylation sites (tertiary alicyclic amines) is 1. The summed E-state index contributed by atoms with van der Waals surface area (Å²) < 4.78 is 0. The largest absolute Gasteiger partial charge is 0.381 e. The van der Waals surface area contributed by atoms with Gasteiger partial charge < -0.3 is 29.9 Å². The Morgan fingerprint density at radius 1 is 0.960 bits per heavy atom. The first kappa shape index (κ1) is 32.4. The number of imide groups is 1. The van der Waals surface area contributed by atoms with Gasteiger partial charge in [0.25, 0.3) is 5.91 Å². The van der Waals surface area contributed by atoms with Crippen molar-refractivity contribution in [2.24, 2.45) is 5.92 Å². The lowest BCUT2D eigenvalue weighted by Crippen LogP contribution is -2.52. The van der Waals surface area contributed by atoms with Gasteiger partial charge in [-0.15, -0.1) is 0 Å². The molecule has 0 aliphatic carbocycles. The number of aromatic nitrogens is 1. The molecule has 1 atom stereocenters. The number of aromatic amines is 1. The van der Waals surface area contributed by atoms with Crippen LogP contribution in [0.1, 0.15) is 79.6 Å². The normalized spacial score (nSPS) is 22.1. The quantitative estimate of drug-likeness (QED) is 0.316. The predicted octanol–water partition coefficient (Wildman–Crippen LogP) is 4.34. The SMILES string of the molecule is CC(C)NC1=CCN(C2CCN(CC3CCN(c4ccc5c(c4)C(=O)N(C4CCC(=O)NC4=O)C5)CC3)CC2)c2c1[nH]c1cc(C#N)ccc21. The fourth-order valence-corrected chi connectivity index (χ4v) is 8.79. The lowest BCUT2D eigenvalue weighted by molar-refractivity contribution is -0.136. The van der Waals surface area contributed by atoms with Gasteiger partial charge in [-0.2, -0.15) is 5.26 Å². The van der Waals surface area contributed by atoms with E-state index in [1.54, 1.807) is 4.90 Å². The Morgan fingerprint density at radius 2 is 1.76 bits per heavy atom. The molecule has 11 nitrogen and oxygen atoms in total. The summed E-state index contributed by atoms with van der Waals surface area (Å²) in [5, 5.41) is 16.7. The Labute approximate surface area is 293 Å². The molecule has 2 aromatic carbocycles. The van der Waals surface area contributed by atoms with Gasteiger partial charge >= 0.3 is 0 Å². The summed E-state index contributed by atoms with van der Waals surface area (Å²) in [6, 6.07) is 14.6. The van der Waals surface area contributed by atoms with Crippen LogP contribution >= 0.6 is 0 Å². The molecule has 0 spiro atoms. The number of benzene rings is 2. The van der Waals surface area contributed by atoms with Gasteiger partial charge in [0.05, 0.1) is 28.7 Å². The van der Waals surface area contributed by atoms with E-state index in [1.165, 1.54) is 11.1 Å². The number of amides is 3. The molecular formula is C39H46N8O3. The van der Waals surface area contributed by atoms with Gasteiger partial charge in [-0.1, -0.05) is 6.07 Å². The molecule has 1 unspecified atom stereocenters. The van der Waals surface area contributed by atoms with Crippen molar-refractivity contribution in [2.45, 2.75) is 77.0 Å². The van der Waals surface area contributed by atoms with E-state index in [0.29, 0.717) is 42.1 Å². The zero-order valence-corrected chi connectivity index (χ0v) is 29.0. The third-order valence-electron chi connectivity index (χ3n) is 11.4. The van der Waals surface area contributed by atoms with E-state index in [-0.39, 0.29) is 24.1 Å². The molecule has 3 saturated heterocycles. The Hall–Kier alpha value is -4.82. The summed E-state index contributed by atoms with van der Waals surface area (Å²) in [6.07, 6.45) is 7.46. The number of nitriles is 1. The highest BCUT2D eigenvalue weighted by molar-refractivity contribution is 6.06. The number of hydrogen-bond donors (Lipinski definition) is 3. The van der Waals surface area contributed by atoms with Crippen LogP contribution in [0.2, 0.25) is 0 Å².